The van der Waals surface area contributed by atoms with Gasteiger partial charge in [-0.15, -0.1) is 0 Å². The van der Waals surface area contributed by atoms with E-state index in [9.17, 15) is 0 Å². The third kappa shape index (κ3) is 2.81. The normalized spacial score (nSPS) is 19.3. The topological polar surface area (TPSA) is 57.7 Å². The number of aromatic nitrogens is 4. The zero-order valence-electron chi connectivity index (χ0n) is 12.1. The first-order valence-corrected chi connectivity index (χ1v) is 7.26. The Balaban J connectivity index is 1.69. The molecule has 0 radical (unpaired) electrons. The molecule has 1 aliphatic heterocycles. The molecule has 2 aromatic rings. The first kappa shape index (κ1) is 13.1. The van der Waals surface area contributed by atoms with Gasteiger partial charge in [-0.1, -0.05) is 0 Å². The fraction of sp³-hybridized carbons (Fsp3) is 0.533. The van der Waals surface area contributed by atoms with Crippen molar-refractivity contribution in [1.82, 2.24) is 20.2 Å². The largest absolute Gasteiger partial charge is 0.356 e. The van der Waals surface area contributed by atoms with E-state index in [1.54, 1.807) is 0 Å². The maximum atomic E-state index is 4.54. The van der Waals surface area contributed by atoms with Crippen molar-refractivity contribution in [2.24, 2.45) is 5.92 Å². The standard InChI is InChI=1S/C15H21N5/c1-11-9-17-19-14(11)8-13-4-3-7-20(10-13)15-5-6-16-12(2)18-15/h5-6,9,13H,3-4,7-8,10H2,1-2H3,(H,17,19)/t13-/m1/s1. The Kier molecular flexibility index (Phi) is 3.67. The minimum absolute atomic E-state index is 0.665. The summed E-state index contributed by atoms with van der Waals surface area (Å²) in [6.07, 6.45) is 7.33. The van der Waals surface area contributed by atoms with Gasteiger partial charge in [-0.3, -0.25) is 5.10 Å². The van der Waals surface area contributed by atoms with Crippen LogP contribution in [0.5, 0.6) is 0 Å². The number of aromatic amines is 1. The number of nitrogens with one attached hydrogen (secondary N) is 1. The number of hydrogen-bond donors (Lipinski definition) is 1. The molecule has 1 aliphatic rings. The molecule has 1 N–H and O–H groups in total. The van der Waals surface area contributed by atoms with Gasteiger partial charge in [-0.25, -0.2) is 9.97 Å². The average molecular weight is 271 g/mol. The highest BCUT2D eigenvalue weighted by Gasteiger charge is 2.22. The van der Waals surface area contributed by atoms with E-state index in [0.717, 1.165) is 31.2 Å². The predicted molar refractivity (Wildman–Crippen MR) is 78.7 cm³/mol. The maximum Gasteiger partial charge on any atom is 0.132 e. The first-order chi connectivity index (χ1) is 9.72. The lowest BCUT2D eigenvalue weighted by molar-refractivity contribution is 0.407. The molecule has 3 heterocycles. The minimum atomic E-state index is 0.665. The lowest BCUT2D eigenvalue weighted by atomic mass is 9.92. The number of nitrogens with zero attached hydrogens (tertiary/aromatic N) is 4. The van der Waals surface area contributed by atoms with Gasteiger partial charge in [0.15, 0.2) is 0 Å². The van der Waals surface area contributed by atoms with Gasteiger partial charge in [-0.05, 0) is 50.7 Å². The van der Waals surface area contributed by atoms with Crippen LogP contribution >= 0.6 is 0 Å². The van der Waals surface area contributed by atoms with E-state index >= 15 is 0 Å². The second-order valence-corrected chi connectivity index (χ2v) is 5.65. The SMILES string of the molecule is Cc1nccc(N2CCC[C@H](Cc3[nH]ncc3C)C2)n1. The molecule has 0 unspecified atom stereocenters. The summed E-state index contributed by atoms with van der Waals surface area (Å²) in [5, 5.41) is 7.24. The number of rotatable bonds is 3. The maximum absolute atomic E-state index is 4.54. The quantitative estimate of drug-likeness (QED) is 0.930. The molecular weight excluding hydrogens is 250 g/mol. The average Bonchev–Trinajstić information content (AvgIpc) is 2.85. The van der Waals surface area contributed by atoms with Crippen LogP contribution in [-0.2, 0) is 6.42 Å². The van der Waals surface area contributed by atoms with E-state index < -0.39 is 0 Å². The minimum Gasteiger partial charge on any atom is -0.356 e. The Morgan fingerprint density at radius 3 is 3.05 bits per heavy atom. The summed E-state index contributed by atoms with van der Waals surface area (Å²) in [6, 6.07) is 2.01. The molecule has 0 bridgehead atoms. The molecule has 1 saturated heterocycles. The summed E-state index contributed by atoms with van der Waals surface area (Å²) in [5.41, 5.74) is 2.54. The van der Waals surface area contributed by atoms with Crippen LogP contribution in [0.4, 0.5) is 5.82 Å². The smallest absolute Gasteiger partial charge is 0.132 e. The van der Waals surface area contributed by atoms with Gasteiger partial charge in [0.2, 0.25) is 0 Å². The molecule has 3 rings (SSSR count). The van der Waals surface area contributed by atoms with Crippen LogP contribution < -0.4 is 4.90 Å². The summed E-state index contributed by atoms with van der Waals surface area (Å²) in [4.78, 5) is 11.1. The molecule has 0 spiro atoms. The monoisotopic (exact) mass is 271 g/mol. The highest BCUT2D eigenvalue weighted by molar-refractivity contribution is 5.38. The molecule has 0 aliphatic carbocycles. The Morgan fingerprint density at radius 1 is 1.40 bits per heavy atom. The van der Waals surface area contributed by atoms with Crippen LogP contribution in [0.1, 0.15) is 29.9 Å². The van der Waals surface area contributed by atoms with Crippen LogP contribution in [0.25, 0.3) is 0 Å². The third-order valence-electron chi connectivity index (χ3n) is 4.03. The highest BCUT2D eigenvalue weighted by atomic mass is 15.2. The second-order valence-electron chi connectivity index (χ2n) is 5.65. The van der Waals surface area contributed by atoms with Gasteiger partial charge >= 0.3 is 0 Å². The van der Waals surface area contributed by atoms with E-state index in [2.05, 4.69) is 32.0 Å². The van der Waals surface area contributed by atoms with Crippen LogP contribution in [0.2, 0.25) is 0 Å². The molecule has 2 aromatic heterocycles. The van der Waals surface area contributed by atoms with E-state index in [4.69, 9.17) is 0 Å². The summed E-state index contributed by atoms with van der Waals surface area (Å²) in [7, 11) is 0. The Hall–Kier alpha value is -1.91. The fourth-order valence-corrected chi connectivity index (χ4v) is 2.93. The van der Waals surface area contributed by atoms with Gasteiger partial charge in [0.05, 0.1) is 6.20 Å². The van der Waals surface area contributed by atoms with Gasteiger partial charge in [0.1, 0.15) is 11.6 Å². The van der Waals surface area contributed by atoms with E-state index in [-0.39, 0.29) is 0 Å². The fourth-order valence-electron chi connectivity index (χ4n) is 2.93. The van der Waals surface area contributed by atoms with Crippen molar-refractivity contribution in [3.8, 4) is 0 Å². The van der Waals surface area contributed by atoms with Crippen molar-refractivity contribution in [1.29, 1.82) is 0 Å². The summed E-state index contributed by atoms with van der Waals surface area (Å²) < 4.78 is 0. The van der Waals surface area contributed by atoms with Crippen LogP contribution in [-0.4, -0.2) is 33.3 Å². The van der Waals surface area contributed by atoms with E-state index in [1.165, 1.54) is 24.1 Å². The third-order valence-corrected chi connectivity index (χ3v) is 4.03. The van der Waals surface area contributed by atoms with Crippen molar-refractivity contribution in [2.45, 2.75) is 33.1 Å². The van der Waals surface area contributed by atoms with Gasteiger partial charge in [0.25, 0.3) is 0 Å². The molecule has 20 heavy (non-hydrogen) atoms. The van der Waals surface area contributed by atoms with Crippen molar-refractivity contribution >= 4 is 5.82 Å². The van der Waals surface area contributed by atoms with Crippen molar-refractivity contribution in [3.05, 3.63) is 35.5 Å². The predicted octanol–water partition coefficient (Wildman–Crippen LogP) is 2.28. The first-order valence-electron chi connectivity index (χ1n) is 7.26. The summed E-state index contributed by atoms with van der Waals surface area (Å²) in [5.74, 6) is 2.57. The van der Waals surface area contributed by atoms with Gasteiger partial charge < -0.3 is 4.90 Å². The molecule has 1 atom stereocenters. The van der Waals surface area contributed by atoms with Crippen molar-refractivity contribution < 1.29 is 0 Å². The van der Waals surface area contributed by atoms with Gasteiger partial charge in [-0.2, -0.15) is 5.10 Å². The molecular formula is C15H21N5. The zero-order chi connectivity index (χ0) is 13.9. The van der Waals surface area contributed by atoms with E-state index in [1.807, 2.05) is 25.4 Å². The number of hydrogen-bond acceptors (Lipinski definition) is 4. The summed E-state index contributed by atoms with van der Waals surface area (Å²) in [6.45, 7) is 6.22. The molecule has 106 valence electrons. The molecule has 0 amide bonds. The van der Waals surface area contributed by atoms with Crippen molar-refractivity contribution in [3.63, 3.8) is 0 Å². The summed E-state index contributed by atoms with van der Waals surface area (Å²) >= 11 is 0. The number of anilines is 1. The Labute approximate surface area is 119 Å². The molecule has 0 saturated carbocycles. The highest BCUT2D eigenvalue weighted by Crippen LogP contribution is 2.24. The second kappa shape index (κ2) is 5.61. The lowest BCUT2D eigenvalue weighted by Gasteiger charge is -2.33. The number of aryl methyl sites for hydroxylation is 2. The molecule has 1 fully saturated rings. The number of H-pyrrole nitrogens is 1. The molecule has 5 nitrogen and oxygen atoms in total. The van der Waals surface area contributed by atoms with Gasteiger partial charge in [0, 0.05) is 25.0 Å². The molecule has 5 heteroatoms. The van der Waals surface area contributed by atoms with E-state index in [0.29, 0.717) is 5.92 Å². The zero-order valence-corrected chi connectivity index (χ0v) is 12.1. The van der Waals surface area contributed by atoms with Crippen LogP contribution in [0.3, 0.4) is 0 Å². The van der Waals surface area contributed by atoms with Crippen LogP contribution in [0, 0.1) is 19.8 Å². The Bertz CT molecular complexity index is 577. The lowest BCUT2D eigenvalue weighted by Crippen LogP contribution is -2.37. The molecule has 0 aromatic carbocycles. The number of piperidine rings is 1. The van der Waals surface area contributed by atoms with Crippen LogP contribution in [0.15, 0.2) is 18.5 Å². The van der Waals surface area contributed by atoms with Crippen molar-refractivity contribution in [2.75, 3.05) is 18.0 Å². The Morgan fingerprint density at radius 2 is 2.30 bits per heavy atom.